The van der Waals surface area contributed by atoms with Crippen LogP contribution in [-0.4, -0.2) is 41.4 Å². The van der Waals surface area contributed by atoms with E-state index in [1.54, 1.807) is 30.8 Å². The van der Waals surface area contributed by atoms with Crippen LogP contribution >= 0.6 is 23.1 Å². The molecule has 0 saturated heterocycles. The van der Waals surface area contributed by atoms with Gasteiger partial charge in [-0.25, -0.2) is 9.78 Å². The highest BCUT2D eigenvalue weighted by Crippen LogP contribution is 2.32. The molecule has 4 rings (SSSR count). The summed E-state index contributed by atoms with van der Waals surface area (Å²) in [6.45, 7) is 1.81. The molecule has 32 heavy (non-hydrogen) atoms. The largest absolute Gasteiger partial charge is 0.484 e. The van der Waals surface area contributed by atoms with Gasteiger partial charge in [0.1, 0.15) is 5.75 Å². The number of aromatic nitrogens is 6. The number of carbonyl (C=O) groups is 1. The number of ether oxygens (including phenoxy) is 1. The van der Waals surface area contributed by atoms with Crippen LogP contribution in [0.5, 0.6) is 5.75 Å². The lowest BCUT2D eigenvalue weighted by molar-refractivity contribution is -0.118. The van der Waals surface area contributed by atoms with Crippen molar-refractivity contribution in [3.05, 3.63) is 50.7 Å². The van der Waals surface area contributed by atoms with Gasteiger partial charge in [-0.1, -0.05) is 29.0 Å². The maximum absolute atomic E-state index is 12.5. The van der Waals surface area contributed by atoms with Gasteiger partial charge in [0, 0.05) is 21.1 Å². The molecule has 0 aliphatic carbocycles. The van der Waals surface area contributed by atoms with Crippen molar-refractivity contribution in [3.8, 4) is 5.75 Å². The third-order valence-electron chi connectivity index (χ3n) is 4.66. The molecule has 166 valence electrons. The summed E-state index contributed by atoms with van der Waals surface area (Å²) in [5, 5.41) is 11.4. The van der Waals surface area contributed by atoms with Crippen molar-refractivity contribution >= 4 is 45.3 Å². The van der Waals surface area contributed by atoms with Gasteiger partial charge in [0.15, 0.2) is 27.3 Å². The fraction of sp³-hybridized carbons (Fsp3) is 0.263. The molecule has 3 aromatic heterocycles. The standard InChI is InChI=1S/C19H19N7O4S2/c1-10-5-7-11(8-6-10)30-9-12(27)20-16-22-23-18(31-16)32-17-21-14-13(24(17)2)15(28)26(4)19(29)25(14)3/h5-8H,9H2,1-4H3,(H,20,22,27). The maximum Gasteiger partial charge on any atom is 0.332 e. The first-order chi connectivity index (χ1) is 15.2. The van der Waals surface area contributed by atoms with E-state index in [1.807, 2.05) is 19.1 Å². The number of benzene rings is 1. The molecular weight excluding hydrogens is 454 g/mol. The van der Waals surface area contributed by atoms with E-state index in [1.165, 1.54) is 23.4 Å². The average Bonchev–Trinajstić information content (AvgIpc) is 3.34. The normalized spacial score (nSPS) is 11.1. The first kappa shape index (κ1) is 21.8. The number of aryl methyl sites for hydroxylation is 3. The highest BCUT2D eigenvalue weighted by Gasteiger charge is 2.19. The van der Waals surface area contributed by atoms with Crippen LogP contribution in [0.4, 0.5) is 5.13 Å². The molecule has 1 amide bonds. The van der Waals surface area contributed by atoms with Gasteiger partial charge < -0.3 is 9.30 Å². The number of amides is 1. The number of nitrogens with one attached hydrogen (secondary N) is 1. The van der Waals surface area contributed by atoms with Crippen LogP contribution in [0.1, 0.15) is 5.56 Å². The molecule has 0 saturated carbocycles. The minimum atomic E-state index is -0.453. The number of nitrogens with zero attached hydrogens (tertiary/aromatic N) is 6. The van der Waals surface area contributed by atoms with Crippen molar-refractivity contribution in [3.63, 3.8) is 0 Å². The summed E-state index contributed by atoms with van der Waals surface area (Å²) in [6, 6.07) is 7.39. The van der Waals surface area contributed by atoms with Crippen molar-refractivity contribution in [1.82, 2.24) is 28.9 Å². The molecule has 0 fully saturated rings. The van der Waals surface area contributed by atoms with E-state index in [4.69, 9.17) is 4.74 Å². The fourth-order valence-corrected chi connectivity index (χ4v) is 4.63. The molecule has 3 heterocycles. The predicted octanol–water partition coefficient (Wildman–Crippen LogP) is 1.30. The summed E-state index contributed by atoms with van der Waals surface area (Å²) in [5.74, 6) is 0.237. The first-order valence-electron chi connectivity index (χ1n) is 9.37. The quantitative estimate of drug-likeness (QED) is 0.415. The van der Waals surface area contributed by atoms with Crippen LogP contribution < -0.4 is 21.3 Å². The van der Waals surface area contributed by atoms with Gasteiger partial charge >= 0.3 is 5.69 Å². The number of anilines is 1. The number of rotatable bonds is 6. The number of carbonyl (C=O) groups excluding carboxylic acids is 1. The molecule has 0 spiro atoms. The Hall–Kier alpha value is -3.45. The lowest BCUT2D eigenvalue weighted by atomic mass is 10.2. The number of imidazole rings is 1. The lowest BCUT2D eigenvalue weighted by Crippen LogP contribution is -2.37. The highest BCUT2D eigenvalue weighted by atomic mass is 32.2. The van der Waals surface area contributed by atoms with Crippen LogP contribution in [0.15, 0.2) is 43.4 Å². The summed E-state index contributed by atoms with van der Waals surface area (Å²) < 4.78 is 9.93. The first-order valence-corrected chi connectivity index (χ1v) is 11.0. The summed E-state index contributed by atoms with van der Waals surface area (Å²) >= 11 is 2.34. The van der Waals surface area contributed by atoms with Crippen LogP contribution in [0.25, 0.3) is 11.2 Å². The Bertz CT molecular complexity index is 1430. The second kappa shape index (κ2) is 8.59. The monoisotopic (exact) mass is 473 g/mol. The van der Waals surface area contributed by atoms with E-state index in [-0.39, 0.29) is 18.2 Å². The Kier molecular flexibility index (Phi) is 5.84. The van der Waals surface area contributed by atoms with Crippen molar-refractivity contribution in [2.75, 3.05) is 11.9 Å². The molecule has 1 aromatic carbocycles. The van der Waals surface area contributed by atoms with Gasteiger partial charge in [-0.05, 0) is 30.8 Å². The molecule has 4 aromatic rings. The summed E-state index contributed by atoms with van der Waals surface area (Å²) in [7, 11) is 4.67. The van der Waals surface area contributed by atoms with Crippen LogP contribution in [-0.2, 0) is 25.9 Å². The van der Waals surface area contributed by atoms with Crippen molar-refractivity contribution in [1.29, 1.82) is 0 Å². The van der Waals surface area contributed by atoms with E-state index < -0.39 is 11.2 Å². The minimum Gasteiger partial charge on any atom is -0.484 e. The summed E-state index contributed by atoms with van der Waals surface area (Å²) in [4.78, 5) is 41.2. The second-order valence-corrected chi connectivity index (χ2v) is 9.15. The molecule has 0 aliphatic rings. The smallest absolute Gasteiger partial charge is 0.332 e. The van der Waals surface area contributed by atoms with Crippen LogP contribution in [0.3, 0.4) is 0 Å². The molecule has 0 atom stereocenters. The molecular formula is C19H19N7O4S2. The molecule has 0 bridgehead atoms. The van der Waals surface area contributed by atoms with Gasteiger partial charge in [-0.2, -0.15) is 0 Å². The van der Waals surface area contributed by atoms with E-state index in [0.717, 1.165) is 21.5 Å². The van der Waals surface area contributed by atoms with Gasteiger partial charge in [-0.3, -0.25) is 24.0 Å². The zero-order valence-electron chi connectivity index (χ0n) is 17.6. The van der Waals surface area contributed by atoms with Gasteiger partial charge in [0.25, 0.3) is 11.5 Å². The van der Waals surface area contributed by atoms with Crippen molar-refractivity contribution in [2.24, 2.45) is 21.1 Å². The zero-order valence-corrected chi connectivity index (χ0v) is 19.3. The molecule has 0 radical (unpaired) electrons. The van der Waals surface area contributed by atoms with E-state index in [9.17, 15) is 14.4 Å². The van der Waals surface area contributed by atoms with Crippen LogP contribution in [0, 0.1) is 6.92 Å². The Morgan fingerprint density at radius 2 is 1.81 bits per heavy atom. The number of fused-ring (bicyclic) bond motifs is 1. The summed E-state index contributed by atoms with van der Waals surface area (Å²) in [6.07, 6.45) is 0. The Labute approximate surface area is 189 Å². The van der Waals surface area contributed by atoms with E-state index in [2.05, 4.69) is 20.5 Å². The van der Waals surface area contributed by atoms with Crippen molar-refractivity contribution in [2.45, 2.75) is 16.4 Å². The average molecular weight is 474 g/mol. The SMILES string of the molecule is Cc1ccc(OCC(=O)Nc2nnc(Sc3nc4c(c(=O)n(C)c(=O)n4C)n3C)s2)cc1. The molecule has 1 N–H and O–H groups in total. The Morgan fingerprint density at radius 1 is 1.09 bits per heavy atom. The topological polar surface area (TPSA) is 126 Å². The van der Waals surface area contributed by atoms with E-state index in [0.29, 0.717) is 25.9 Å². The third-order valence-corrected chi connectivity index (χ3v) is 6.59. The Balaban J connectivity index is 1.46. The predicted molar refractivity (Wildman–Crippen MR) is 121 cm³/mol. The maximum atomic E-state index is 12.5. The number of hydrogen-bond donors (Lipinski definition) is 1. The van der Waals surface area contributed by atoms with Gasteiger partial charge in [0.2, 0.25) is 5.13 Å². The third kappa shape index (κ3) is 4.16. The molecule has 0 aliphatic heterocycles. The van der Waals surface area contributed by atoms with Crippen LogP contribution in [0.2, 0.25) is 0 Å². The molecule has 13 heteroatoms. The minimum absolute atomic E-state index is 0.160. The van der Waals surface area contributed by atoms with Crippen molar-refractivity contribution < 1.29 is 9.53 Å². The zero-order chi connectivity index (χ0) is 23.0. The molecule has 0 unspecified atom stereocenters. The summed E-state index contributed by atoms with van der Waals surface area (Å²) in [5.41, 5.74) is 0.816. The second-order valence-electron chi connectivity index (χ2n) is 6.96. The lowest BCUT2D eigenvalue weighted by Gasteiger charge is -2.05. The molecule has 11 nitrogen and oxygen atoms in total. The Morgan fingerprint density at radius 3 is 2.53 bits per heavy atom. The van der Waals surface area contributed by atoms with Gasteiger partial charge in [0.05, 0.1) is 0 Å². The fourth-order valence-electron chi connectivity index (χ4n) is 2.91. The van der Waals surface area contributed by atoms with Gasteiger partial charge in [-0.15, -0.1) is 10.2 Å². The number of hydrogen-bond acceptors (Lipinski definition) is 9. The van der Waals surface area contributed by atoms with E-state index >= 15 is 0 Å². The highest BCUT2D eigenvalue weighted by molar-refractivity contribution is 8.01.